The van der Waals surface area contributed by atoms with E-state index in [4.69, 9.17) is 5.73 Å². The Balaban J connectivity index is 2.08. The molecule has 1 heterocycles. The Labute approximate surface area is 109 Å². The van der Waals surface area contributed by atoms with E-state index >= 15 is 0 Å². The lowest BCUT2D eigenvalue weighted by atomic mass is 9.75. The number of aromatic nitrogens is 2. The second kappa shape index (κ2) is 4.67. The van der Waals surface area contributed by atoms with Crippen molar-refractivity contribution >= 4 is 0 Å². The van der Waals surface area contributed by atoms with Gasteiger partial charge < -0.3 is 15.4 Å². The highest BCUT2D eigenvalue weighted by Gasteiger charge is 2.50. The zero-order valence-corrected chi connectivity index (χ0v) is 11.7. The summed E-state index contributed by atoms with van der Waals surface area (Å²) in [6.07, 6.45) is 7.33. The molecule has 102 valence electrons. The molecular weight excluding hydrogens is 226 g/mol. The van der Waals surface area contributed by atoms with Crippen LogP contribution < -0.4 is 5.73 Å². The molecule has 0 aromatic carbocycles. The minimum absolute atomic E-state index is 0.0129. The van der Waals surface area contributed by atoms with Crippen LogP contribution in [-0.2, 0) is 13.5 Å². The summed E-state index contributed by atoms with van der Waals surface area (Å²) in [6.45, 7) is 4.83. The van der Waals surface area contributed by atoms with E-state index in [1.165, 1.54) is 0 Å². The number of aryl methyl sites for hydroxylation is 2. The number of imidazole rings is 1. The van der Waals surface area contributed by atoms with Gasteiger partial charge in [0.2, 0.25) is 0 Å². The van der Waals surface area contributed by atoms with Crippen molar-refractivity contribution in [2.75, 3.05) is 6.54 Å². The molecule has 1 saturated carbocycles. The van der Waals surface area contributed by atoms with Gasteiger partial charge in [-0.15, -0.1) is 0 Å². The van der Waals surface area contributed by atoms with Gasteiger partial charge in [0.05, 0.1) is 6.10 Å². The third-order valence-corrected chi connectivity index (χ3v) is 4.76. The highest BCUT2D eigenvalue weighted by atomic mass is 16.3. The molecule has 0 spiro atoms. The average molecular weight is 251 g/mol. The molecule has 2 unspecified atom stereocenters. The Kier molecular flexibility index (Phi) is 3.52. The molecule has 1 aliphatic rings. The molecule has 4 heteroatoms. The van der Waals surface area contributed by atoms with Gasteiger partial charge in [0.1, 0.15) is 5.82 Å². The molecule has 2 atom stereocenters. The fourth-order valence-electron chi connectivity index (χ4n) is 3.25. The van der Waals surface area contributed by atoms with Gasteiger partial charge >= 0.3 is 0 Å². The summed E-state index contributed by atoms with van der Waals surface area (Å²) < 4.78 is 2.04. The quantitative estimate of drug-likeness (QED) is 0.852. The predicted octanol–water partition coefficient (Wildman–Crippen LogP) is 1.48. The molecule has 0 amide bonds. The first kappa shape index (κ1) is 13.6. The summed E-state index contributed by atoms with van der Waals surface area (Å²) in [4.78, 5) is 4.34. The van der Waals surface area contributed by atoms with E-state index < -0.39 is 0 Å². The predicted molar refractivity (Wildman–Crippen MR) is 72.0 cm³/mol. The van der Waals surface area contributed by atoms with Crippen molar-refractivity contribution in [1.29, 1.82) is 0 Å². The fourth-order valence-corrected chi connectivity index (χ4v) is 3.25. The maximum Gasteiger partial charge on any atom is 0.108 e. The van der Waals surface area contributed by atoms with Crippen LogP contribution in [0, 0.1) is 10.8 Å². The Morgan fingerprint density at radius 1 is 1.50 bits per heavy atom. The summed E-state index contributed by atoms with van der Waals surface area (Å²) >= 11 is 0. The average Bonchev–Trinajstić information content (AvgIpc) is 2.83. The van der Waals surface area contributed by atoms with Gasteiger partial charge in [-0.2, -0.15) is 0 Å². The molecular formula is C14H25N3O. The Bertz CT molecular complexity index is 413. The van der Waals surface area contributed by atoms with Crippen molar-refractivity contribution < 1.29 is 5.11 Å². The monoisotopic (exact) mass is 251 g/mol. The fraction of sp³-hybridized carbons (Fsp3) is 0.786. The van der Waals surface area contributed by atoms with Crippen LogP contribution in [0.2, 0.25) is 0 Å². The van der Waals surface area contributed by atoms with Crippen LogP contribution in [-0.4, -0.2) is 27.3 Å². The van der Waals surface area contributed by atoms with Crippen LogP contribution >= 0.6 is 0 Å². The lowest BCUT2D eigenvalue weighted by Gasteiger charge is -2.35. The number of nitrogens with two attached hydrogens (primary N) is 1. The van der Waals surface area contributed by atoms with E-state index in [0.29, 0.717) is 6.54 Å². The van der Waals surface area contributed by atoms with Crippen LogP contribution in [0.5, 0.6) is 0 Å². The molecule has 1 aromatic rings. The van der Waals surface area contributed by atoms with Crippen LogP contribution in [0.4, 0.5) is 0 Å². The second-order valence-corrected chi connectivity index (χ2v) is 6.41. The minimum Gasteiger partial charge on any atom is -0.392 e. The maximum absolute atomic E-state index is 10.6. The zero-order valence-electron chi connectivity index (χ0n) is 11.7. The van der Waals surface area contributed by atoms with Crippen LogP contribution in [0.15, 0.2) is 12.4 Å². The standard InChI is InChI=1S/C14H25N3O/c1-13(2)6-7-14(10-15,12(13)18)5-4-11-16-8-9-17(11)3/h8-9,12,18H,4-7,10,15H2,1-3H3. The van der Waals surface area contributed by atoms with E-state index in [9.17, 15) is 5.11 Å². The first-order chi connectivity index (χ1) is 8.41. The van der Waals surface area contributed by atoms with Gasteiger partial charge in [-0.1, -0.05) is 13.8 Å². The van der Waals surface area contributed by atoms with Gasteiger partial charge in [0, 0.05) is 37.8 Å². The molecule has 18 heavy (non-hydrogen) atoms. The van der Waals surface area contributed by atoms with Gasteiger partial charge in [0.25, 0.3) is 0 Å². The molecule has 3 N–H and O–H groups in total. The summed E-state index contributed by atoms with van der Waals surface area (Å²) in [7, 11) is 2.01. The van der Waals surface area contributed by atoms with Crippen molar-refractivity contribution in [1.82, 2.24) is 9.55 Å². The molecule has 0 bridgehead atoms. The maximum atomic E-state index is 10.6. The van der Waals surface area contributed by atoms with Gasteiger partial charge in [-0.25, -0.2) is 4.98 Å². The number of aliphatic hydroxyl groups excluding tert-OH is 1. The van der Waals surface area contributed by atoms with Crippen molar-refractivity contribution in [3.05, 3.63) is 18.2 Å². The molecule has 2 rings (SSSR count). The topological polar surface area (TPSA) is 64.1 Å². The molecule has 1 aromatic heterocycles. The number of hydrogen-bond acceptors (Lipinski definition) is 3. The lowest BCUT2D eigenvalue weighted by Crippen LogP contribution is -2.43. The van der Waals surface area contributed by atoms with Crippen LogP contribution in [0.25, 0.3) is 0 Å². The normalized spacial score (nSPS) is 30.8. The molecule has 0 radical (unpaired) electrons. The molecule has 0 aliphatic heterocycles. The number of hydrogen-bond donors (Lipinski definition) is 2. The van der Waals surface area contributed by atoms with Crippen LogP contribution in [0.1, 0.15) is 38.9 Å². The molecule has 4 nitrogen and oxygen atoms in total. The van der Waals surface area contributed by atoms with Gasteiger partial charge in [-0.3, -0.25) is 0 Å². The van der Waals surface area contributed by atoms with Crippen molar-refractivity contribution in [3.8, 4) is 0 Å². The highest BCUT2D eigenvalue weighted by Crippen LogP contribution is 2.50. The summed E-state index contributed by atoms with van der Waals surface area (Å²) in [5.41, 5.74) is 5.83. The van der Waals surface area contributed by atoms with Crippen molar-refractivity contribution in [2.24, 2.45) is 23.6 Å². The second-order valence-electron chi connectivity index (χ2n) is 6.41. The van der Waals surface area contributed by atoms with E-state index in [1.807, 2.05) is 24.0 Å². The van der Waals surface area contributed by atoms with Crippen molar-refractivity contribution in [3.63, 3.8) is 0 Å². The van der Waals surface area contributed by atoms with E-state index in [-0.39, 0.29) is 16.9 Å². The van der Waals surface area contributed by atoms with E-state index in [1.54, 1.807) is 0 Å². The highest BCUT2D eigenvalue weighted by molar-refractivity contribution is 5.04. The van der Waals surface area contributed by atoms with Gasteiger partial charge in [-0.05, 0) is 24.7 Å². The van der Waals surface area contributed by atoms with Crippen LogP contribution in [0.3, 0.4) is 0 Å². The molecule has 1 aliphatic carbocycles. The van der Waals surface area contributed by atoms with E-state index in [0.717, 1.165) is 31.5 Å². The number of aliphatic hydroxyl groups is 1. The third kappa shape index (κ3) is 2.19. The summed E-state index contributed by atoms with van der Waals surface area (Å²) in [5, 5.41) is 10.6. The molecule has 1 fully saturated rings. The number of rotatable bonds is 4. The largest absolute Gasteiger partial charge is 0.392 e. The summed E-state index contributed by atoms with van der Waals surface area (Å²) in [6, 6.07) is 0. The number of nitrogens with zero attached hydrogens (tertiary/aromatic N) is 2. The van der Waals surface area contributed by atoms with E-state index in [2.05, 4.69) is 18.8 Å². The zero-order chi connectivity index (χ0) is 13.4. The molecule has 0 saturated heterocycles. The Morgan fingerprint density at radius 3 is 2.67 bits per heavy atom. The first-order valence-electron chi connectivity index (χ1n) is 6.76. The third-order valence-electron chi connectivity index (χ3n) is 4.76. The minimum atomic E-state index is -0.310. The SMILES string of the molecule is Cn1ccnc1CCC1(CN)CCC(C)(C)C1O. The summed E-state index contributed by atoms with van der Waals surface area (Å²) in [5.74, 6) is 1.07. The van der Waals surface area contributed by atoms with Gasteiger partial charge in [0.15, 0.2) is 0 Å². The van der Waals surface area contributed by atoms with Crippen molar-refractivity contribution in [2.45, 2.75) is 45.6 Å². The first-order valence-corrected chi connectivity index (χ1v) is 6.76. The lowest BCUT2D eigenvalue weighted by molar-refractivity contribution is -0.00919. The Hall–Kier alpha value is -0.870. The Morgan fingerprint density at radius 2 is 2.22 bits per heavy atom. The smallest absolute Gasteiger partial charge is 0.108 e.